The monoisotopic (exact) mass is 183 g/mol. The molecule has 0 saturated heterocycles. The molecule has 0 aliphatic heterocycles. The summed E-state index contributed by atoms with van der Waals surface area (Å²) >= 11 is 0. The summed E-state index contributed by atoms with van der Waals surface area (Å²) in [6.07, 6.45) is 0. The quantitative estimate of drug-likeness (QED) is 0.768. The van der Waals surface area contributed by atoms with Crippen LogP contribution in [0.2, 0.25) is 0 Å². The average molecular weight is 183 g/mol. The Morgan fingerprint density at radius 3 is 2.92 bits per heavy atom. The van der Waals surface area contributed by atoms with Crippen molar-refractivity contribution in [1.82, 2.24) is 5.32 Å². The highest BCUT2D eigenvalue weighted by molar-refractivity contribution is 5.22. The molecule has 0 bridgehead atoms. The molecule has 0 saturated carbocycles. The largest absolute Gasteiger partial charge is 0.492 e. The second-order valence-corrected chi connectivity index (χ2v) is 2.96. The molecule has 72 valence electrons. The lowest BCUT2D eigenvalue weighted by atomic mass is 10.3. The Bertz CT molecular complexity index is 265. The van der Waals surface area contributed by atoms with Gasteiger partial charge in [-0.1, -0.05) is 6.07 Å². The zero-order chi connectivity index (χ0) is 9.68. The lowest BCUT2D eigenvalue weighted by Crippen LogP contribution is -2.28. The molecule has 1 N–H and O–H groups in total. The number of ether oxygens (including phenoxy) is 1. The molecule has 1 unspecified atom stereocenters. The van der Waals surface area contributed by atoms with Crippen molar-refractivity contribution < 1.29 is 9.13 Å². The van der Waals surface area contributed by atoms with Gasteiger partial charge in [0.15, 0.2) is 0 Å². The normalized spacial score (nSPS) is 12.5. The van der Waals surface area contributed by atoms with Crippen molar-refractivity contribution in [3.8, 4) is 5.75 Å². The molecule has 1 aromatic carbocycles. The molecular formula is C10H14FNO. The van der Waals surface area contributed by atoms with E-state index in [4.69, 9.17) is 4.74 Å². The van der Waals surface area contributed by atoms with Gasteiger partial charge in [0.2, 0.25) is 0 Å². The summed E-state index contributed by atoms with van der Waals surface area (Å²) in [6.45, 7) is 2.54. The molecule has 0 amide bonds. The SMILES string of the molecule is CNC(C)COc1cccc(F)c1. The molecule has 0 spiro atoms. The Kier molecular flexibility index (Phi) is 3.71. The molecule has 2 nitrogen and oxygen atoms in total. The van der Waals surface area contributed by atoms with E-state index >= 15 is 0 Å². The molecule has 1 aromatic rings. The molecule has 0 aliphatic rings. The summed E-state index contributed by atoms with van der Waals surface area (Å²) in [5.41, 5.74) is 0. The Morgan fingerprint density at radius 2 is 2.31 bits per heavy atom. The highest BCUT2D eigenvalue weighted by atomic mass is 19.1. The maximum absolute atomic E-state index is 12.7. The fourth-order valence-corrected chi connectivity index (χ4v) is 0.861. The van der Waals surface area contributed by atoms with Gasteiger partial charge in [-0.15, -0.1) is 0 Å². The highest BCUT2D eigenvalue weighted by Gasteiger charge is 1.99. The summed E-state index contributed by atoms with van der Waals surface area (Å²) in [7, 11) is 1.86. The summed E-state index contributed by atoms with van der Waals surface area (Å²) in [5, 5.41) is 3.03. The number of likely N-dealkylation sites (N-methyl/N-ethyl adjacent to an activating group) is 1. The fourth-order valence-electron chi connectivity index (χ4n) is 0.861. The van der Waals surface area contributed by atoms with E-state index in [1.807, 2.05) is 14.0 Å². The molecule has 0 fully saturated rings. The van der Waals surface area contributed by atoms with Crippen molar-refractivity contribution in [2.75, 3.05) is 13.7 Å². The van der Waals surface area contributed by atoms with E-state index in [0.29, 0.717) is 12.4 Å². The lowest BCUT2D eigenvalue weighted by molar-refractivity contribution is 0.279. The standard InChI is InChI=1S/C10H14FNO/c1-8(12-2)7-13-10-5-3-4-9(11)6-10/h3-6,8,12H,7H2,1-2H3. The Balaban J connectivity index is 2.45. The van der Waals surface area contributed by atoms with Crippen molar-refractivity contribution in [1.29, 1.82) is 0 Å². The third kappa shape index (κ3) is 3.42. The van der Waals surface area contributed by atoms with Crippen molar-refractivity contribution in [2.45, 2.75) is 13.0 Å². The number of benzene rings is 1. The number of hydrogen-bond acceptors (Lipinski definition) is 2. The van der Waals surface area contributed by atoms with Crippen LogP contribution >= 0.6 is 0 Å². The summed E-state index contributed by atoms with van der Waals surface area (Å²) in [4.78, 5) is 0. The number of hydrogen-bond donors (Lipinski definition) is 1. The molecular weight excluding hydrogens is 169 g/mol. The second kappa shape index (κ2) is 4.82. The van der Waals surface area contributed by atoms with E-state index in [9.17, 15) is 4.39 Å². The van der Waals surface area contributed by atoms with Gasteiger partial charge in [0.1, 0.15) is 18.2 Å². The molecule has 13 heavy (non-hydrogen) atoms. The Morgan fingerprint density at radius 1 is 1.54 bits per heavy atom. The summed E-state index contributed by atoms with van der Waals surface area (Å²) in [5.74, 6) is 0.303. The summed E-state index contributed by atoms with van der Waals surface area (Å²) in [6, 6.07) is 6.42. The van der Waals surface area contributed by atoms with E-state index in [2.05, 4.69) is 5.32 Å². The maximum Gasteiger partial charge on any atom is 0.126 e. The fraction of sp³-hybridized carbons (Fsp3) is 0.400. The minimum Gasteiger partial charge on any atom is -0.492 e. The van der Waals surface area contributed by atoms with E-state index < -0.39 is 0 Å². The van der Waals surface area contributed by atoms with Crippen LogP contribution in [0, 0.1) is 5.82 Å². The van der Waals surface area contributed by atoms with Crippen LogP contribution in [-0.4, -0.2) is 19.7 Å². The van der Waals surface area contributed by atoms with Gasteiger partial charge in [-0.05, 0) is 26.1 Å². The predicted molar refractivity (Wildman–Crippen MR) is 50.4 cm³/mol. The topological polar surface area (TPSA) is 21.3 Å². The third-order valence-electron chi connectivity index (χ3n) is 1.79. The Labute approximate surface area is 77.7 Å². The summed E-state index contributed by atoms with van der Waals surface area (Å²) < 4.78 is 18.0. The van der Waals surface area contributed by atoms with Gasteiger partial charge in [0.25, 0.3) is 0 Å². The third-order valence-corrected chi connectivity index (χ3v) is 1.79. The van der Waals surface area contributed by atoms with E-state index in [1.165, 1.54) is 12.1 Å². The first-order valence-electron chi connectivity index (χ1n) is 4.28. The van der Waals surface area contributed by atoms with Crippen LogP contribution in [0.1, 0.15) is 6.92 Å². The van der Waals surface area contributed by atoms with Crippen molar-refractivity contribution in [2.24, 2.45) is 0 Å². The zero-order valence-corrected chi connectivity index (χ0v) is 7.88. The van der Waals surface area contributed by atoms with Gasteiger partial charge in [-0.3, -0.25) is 0 Å². The van der Waals surface area contributed by atoms with Crippen LogP contribution < -0.4 is 10.1 Å². The van der Waals surface area contributed by atoms with Gasteiger partial charge in [0.05, 0.1) is 0 Å². The van der Waals surface area contributed by atoms with Gasteiger partial charge in [-0.2, -0.15) is 0 Å². The van der Waals surface area contributed by atoms with Crippen LogP contribution in [0.5, 0.6) is 5.75 Å². The predicted octanol–water partition coefficient (Wildman–Crippen LogP) is 1.81. The zero-order valence-electron chi connectivity index (χ0n) is 7.88. The molecule has 0 heterocycles. The van der Waals surface area contributed by atoms with Crippen LogP contribution in [0.4, 0.5) is 4.39 Å². The van der Waals surface area contributed by atoms with E-state index in [0.717, 1.165) is 0 Å². The first-order chi connectivity index (χ1) is 6.22. The molecule has 0 radical (unpaired) electrons. The first-order valence-corrected chi connectivity index (χ1v) is 4.28. The minimum absolute atomic E-state index is 0.267. The average Bonchev–Trinajstić information content (AvgIpc) is 2.14. The second-order valence-electron chi connectivity index (χ2n) is 2.96. The maximum atomic E-state index is 12.7. The van der Waals surface area contributed by atoms with Crippen LogP contribution in [0.3, 0.4) is 0 Å². The van der Waals surface area contributed by atoms with Crippen LogP contribution in [-0.2, 0) is 0 Å². The Hall–Kier alpha value is -1.09. The van der Waals surface area contributed by atoms with E-state index in [1.54, 1.807) is 12.1 Å². The first kappa shape index (κ1) is 9.99. The van der Waals surface area contributed by atoms with Crippen molar-refractivity contribution in [3.63, 3.8) is 0 Å². The van der Waals surface area contributed by atoms with Crippen LogP contribution in [0.15, 0.2) is 24.3 Å². The number of halogens is 1. The molecule has 1 rings (SSSR count). The molecule has 0 aromatic heterocycles. The van der Waals surface area contributed by atoms with Crippen molar-refractivity contribution >= 4 is 0 Å². The molecule has 3 heteroatoms. The van der Waals surface area contributed by atoms with Crippen molar-refractivity contribution in [3.05, 3.63) is 30.1 Å². The minimum atomic E-state index is -0.269. The van der Waals surface area contributed by atoms with Gasteiger partial charge < -0.3 is 10.1 Å². The number of nitrogens with one attached hydrogen (secondary N) is 1. The number of rotatable bonds is 4. The smallest absolute Gasteiger partial charge is 0.126 e. The highest BCUT2D eigenvalue weighted by Crippen LogP contribution is 2.11. The molecule has 1 atom stereocenters. The van der Waals surface area contributed by atoms with E-state index in [-0.39, 0.29) is 11.9 Å². The van der Waals surface area contributed by atoms with Gasteiger partial charge in [-0.25, -0.2) is 4.39 Å². The van der Waals surface area contributed by atoms with Crippen LogP contribution in [0.25, 0.3) is 0 Å². The van der Waals surface area contributed by atoms with Gasteiger partial charge >= 0.3 is 0 Å². The lowest BCUT2D eigenvalue weighted by Gasteiger charge is -2.11. The van der Waals surface area contributed by atoms with Gasteiger partial charge in [0, 0.05) is 12.1 Å². The molecule has 0 aliphatic carbocycles.